The van der Waals surface area contributed by atoms with Gasteiger partial charge in [0.15, 0.2) is 0 Å². The van der Waals surface area contributed by atoms with Gasteiger partial charge in [0.25, 0.3) is 0 Å². The highest BCUT2D eigenvalue weighted by Gasteiger charge is 2.14. The molecule has 1 unspecified atom stereocenters. The van der Waals surface area contributed by atoms with Gasteiger partial charge in [-0.1, -0.05) is 0 Å². The van der Waals surface area contributed by atoms with Gasteiger partial charge in [-0.15, -0.1) is 21.5 Å². The maximum absolute atomic E-state index is 4.27. The number of nitrogens with one attached hydrogen (secondary N) is 2. The molecule has 3 rings (SSSR count). The van der Waals surface area contributed by atoms with E-state index < -0.39 is 0 Å². The Morgan fingerprint density at radius 2 is 2.26 bits per heavy atom. The second-order valence-electron chi connectivity index (χ2n) is 4.65. The Hall–Kier alpha value is -0.980. The fourth-order valence-corrected chi connectivity index (χ4v) is 3.50. The molecule has 0 saturated carbocycles. The van der Waals surface area contributed by atoms with E-state index in [0.717, 1.165) is 39.8 Å². The van der Waals surface area contributed by atoms with Crippen molar-refractivity contribution in [3.05, 3.63) is 28.1 Å². The summed E-state index contributed by atoms with van der Waals surface area (Å²) < 4.78 is 1.11. The van der Waals surface area contributed by atoms with Crippen molar-refractivity contribution < 1.29 is 0 Å². The number of halogens is 1. The molecule has 2 aromatic heterocycles. The summed E-state index contributed by atoms with van der Waals surface area (Å²) in [6.07, 6.45) is 1.24. The van der Waals surface area contributed by atoms with Crippen LogP contribution in [0.5, 0.6) is 0 Å². The number of hydrogen-bond acceptors (Lipinski definition) is 5. The molecule has 1 fully saturated rings. The molecule has 100 valence electrons. The third kappa shape index (κ3) is 3.32. The molecular formula is C13H15BrN4S. The summed E-state index contributed by atoms with van der Waals surface area (Å²) in [6.45, 7) is 3.19. The summed E-state index contributed by atoms with van der Waals surface area (Å²) in [5, 5.41) is 15.2. The number of anilines is 1. The molecule has 2 aromatic rings. The first-order valence-corrected chi connectivity index (χ1v) is 7.96. The summed E-state index contributed by atoms with van der Waals surface area (Å²) in [5.74, 6) is 1.56. The summed E-state index contributed by atoms with van der Waals surface area (Å²) in [5.41, 5.74) is 0.920. The van der Waals surface area contributed by atoms with Crippen LogP contribution in [0.25, 0.3) is 10.6 Å². The smallest absolute Gasteiger partial charge is 0.148 e. The normalized spacial score (nSPS) is 18.7. The molecule has 6 heteroatoms. The van der Waals surface area contributed by atoms with Crippen LogP contribution in [0.15, 0.2) is 28.1 Å². The Morgan fingerprint density at radius 1 is 1.32 bits per heavy atom. The molecule has 0 bridgehead atoms. The maximum atomic E-state index is 4.27. The van der Waals surface area contributed by atoms with Crippen molar-refractivity contribution in [3.63, 3.8) is 0 Å². The van der Waals surface area contributed by atoms with Gasteiger partial charge in [-0.3, -0.25) is 0 Å². The van der Waals surface area contributed by atoms with Gasteiger partial charge in [-0.2, -0.15) is 0 Å². The van der Waals surface area contributed by atoms with Gasteiger partial charge in [0.2, 0.25) is 0 Å². The van der Waals surface area contributed by atoms with Gasteiger partial charge in [0.1, 0.15) is 11.5 Å². The molecule has 19 heavy (non-hydrogen) atoms. The van der Waals surface area contributed by atoms with Crippen molar-refractivity contribution in [1.82, 2.24) is 15.5 Å². The van der Waals surface area contributed by atoms with E-state index in [-0.39, 0.29) is 0 Å². The Balaban J connectivity index is 1.62. The quantitative estimate of drug-likeness (QED) is 0.899. The van der Waals surface area contributed by atoms with Gasteiger partial charge in [0, 0.05) is 6.54 Å². The predicted octanol–water partition coefficient (Wildman–Crippen LogP) is 2.99. The van der Waals surface area contributed by atoms with E-state index in [1.165, 1.54) is 6.42 Å². The molecule has 1 atom stereocenters. The van der Waals surface area contributed by atoms with Crippen LogP contribution in [0.3, 0.4) is 0 Å². The largest absolute Gasteiger partial charge is 0.368 e. The lowest BCUT2D eigenvalue weighted by Gasteiger charge is -2.09. The molecule has 0 radical (unpaired) electrons. The molecule has 0 aromatic carbocycles. The summed E-state index contributed by atoms with van der Waals surface area (Å²) in [7, 11) is 0. The molecule has 1 saturated heterocycles. The molecule has 0 spiro atoms. The Labute approximate surface area is 124 Å². The lowest BCUT2D eigenvalue weighted by Crippen LogP contribution is -2.17. The Morgan fingerprint density at radius 3 is 2.89 bits per heavy atom. The molecule has 1 aliphatic heterocycles. The molecular weight excluding hydrogens is 324 g/mol. The summed E-state index contributed by atoms with van der Waals surface area (Å²) >= 11 is 5.12. The number of rotatable bonds is 4. The second kappa shape index (κ2) is 5.98. The third-order valence-electron chi connectivity index (χ3n) is 3.22. The Bertz CT molecular complexity index is 534. The van der Waals surface area contributed by atoms with Crippen LogP contribution in [0.1, 0.15) is 6.42 Å². The average Bonchev–Trinajstić information content (AvgIpc) is 3.08. The van der Waals surface area contributed by atoms with Crippen LogP contribution in [0.2, 0.25) is 0 Å². The zero-order valence-corrected chi connectivity index (χ0v) is 12.8. The molecule has 2 N–H and O–H groups in total. The minimum atomic E-state index is 0.703. The van der Waals surface area contributed by atoms with E-state index in [4.69, 9.17) is 0 Å². The third-order valence-corrected chi connectivity index (χ3v) is 4.87. The zero-order valence-electron chi connectivity index (χ0n) is 10.4. The standard InChI is InChI=1S/C13H15BrN4S/c14-12-3-2-11(19-12)10-1-4-13(18-17-10)16-8-9-5-6-15-7-9/h1-4,9,15H,5-8H2,(H,16,18). The van der Waals surface area contributed by atoms with Crippen molar-refractivity contribution in [2.45, 2.75) is 6.42 Å². The fraction of sp³-hybridized carbons (Fsp3) is 0.385. The van der Waals surface area contributed by atoms with E-state index in [1.807, 2.05) is 18.2 Å². The number of thiophene rings is 1. The van der Waals surface area contributed by atoms with Crippen LogP contribution in [-0.4, -0.2) is 29.8 Å². The first kappa shape index (κ1) is 13.0. The highest BCUT2D eigenvalue weighted by atomic mass is 79.9. The van der Waals surface area contributed by atoms with Crippen LogP contribution in [-0.2, 0) is 0 Å². The maximum Gasteiger partial charge on any atom is 0.148 e. The fourth-order valence-electron chi connectivity index (χ4n) is 2.15. The highest BCUT2D eigenvalue weighted by Crippen LogP contribution is 2.29. The lowest BCUT2D eigenvalue weighted by molar-refractivity contribution is 0.613. The predicted molar refractivity (Wildman–Crippen MR) is 82.5 cm³/mol. The highest BCUT2D eigenvalue weighted by molar-refractivity contribution is 9.11. The average molecular weight is 339 g/mol. The topological polar surface area (TPSA) is 49.8 Å². The first-order valence-electron chi connectivity index (χ1n) is 6.35. The molecule has 1 aliphatic rings. The van der Waals surface area contributed by atoms with Gasteiger partial charge >= 0.3 is 0 Å². The van der Waals surface area contributed by atoms with Crippen LogP contribution >= 0.6 is 27.3 Å². The molecule has 4 nitrogen and oxygen atoms in total. The molecule has 3 heterocycles. The number of hydrogen-bond donors (Lipinski definition) is 2. The zero-order chi connectivity index (χ0) is 13.1. The van der Waals surface area contributed by atoms with Crippen molar-refractivity contribution in [1.29, 1.82) is 0 Å². The minimum Gasteiger partial charge on any atom is -0.368 e. The summed E-state index contributed by atoms with van der Waals surface area (Å²) in [4.78, 5) is 1.13. The lowest BCUT2D eigenvalue weighted by atomic mass is 10.1. The van der Waals surface area contributed by atoms with Crippen LogP contribution in [0, 0.1) is 5.92 Å². The molecule has 0 aliphatic carbocycles. The van der Waals surface area contributed by atoms with Gasteiger partial charge in [0.05, 0.1) is 8.66 Å². The van der Waals surface area contributed by atoms with Crippen LogP contribution in [0.4, 0.5) is 5.82 Å². The van der Waals surface area contributed by atoms with Crippen molar-refractivity contribution in [3.8, 4) is 10.6 Å². The SMILES string of the molecule is Brc1ccc(-c2ccc(NCC3CCNC3)nn2)s1. The Kier molecular flexibility index (Phi) is 4.10. The summed E-state index contributed by atoms with van der Waals surface area (Å²) in [6, 6.07) is 8.09. The number of aromatic nitrogens is 2. The molecule has 0 amide bonds. The van der Waals surface area contributed by atoms with Gasteiger partial charge in [-0.25, -0.2) is 0 Å². The minimum absolute atomic E-state index is 0.703. The number of nitrogens with zero attached hydrogens (tertiary/aromatic N) is 2. The van der Waals surface area contributed by atoms with E-state index >= 15 is 0 Å². The van der Waals surface area contributed by atoms with E-state index in [0.29, 0.717) is 5.92 Å². The van der Waals surface area contributed by atoms with Gasteiger partial charge in [-0.05, 0) is 65.6 Å². The van der Waals surface area contributed by atoms with E-state index in [9.17, 15) is 0 Å². The van der Waals surface area contributed by atoms with Crippen molar-refractivity contribution >= 4 is 33.1 Å². The van der Waals surface area contributed by atoms with Crippen molar-refractivity contribution in [2.75, 3.05) is 25.0 Å². The first-order chi connectivity index (χ1) is 9.31. The van der Waals surface area contributed by atoms with Crippen molar-refractivity contribution in [2.24, 2.45) is 5.92 Å². The van der Waals surface area contributed by atoms with E-state index in [1.54, 1.807) is 11.3 Å². The van der Waals surface area contributed by atoms with Crippen LogP contribution < -0.4 is 10.6 Å². The monoisotopic (exact) mass is 338 g/mol. The van der Waals surface area contributed by atoms with E-state index in [2.05, 4.69) is 42.8 Å². The van der Waals surface area contributed by atoms with Gasteiger partial charge < -0.3 is 10.6 Å². The second-order valence-corrected chi connectivity index (χ2v) is 7.11.